The molecule has 0 aromatic heterocycles. The Morgan fingerprint density at radius 2 is 1.67 bits per heavy atom. The molecular weight excluding hydrogens is 374 g/mol. The van der Waals surface area contributed by atoms with Gasteiger partial charge in [-0.3, -0.25) is 9.69 Å². The molecule has 5 heteroatoms. The van der Waals surface area contributed by atoms with E-state index in [-0.39, 0.29) is 18.1 Å². The third-order valence-electron chi connectivity index (χ3n) is 5.87. The van der Waals surface area contributed by atoms with E-state index in [1.54, 1.807) is 0 Å². The Bertz CT molecular complexity index is 1130. The molecule has 0 aliphatic carbocycles. The molecule has 1 N–H and O–H groups in total. The maximum atomic E-state index is 13.4. The van der Waals surface area contributed by atoms with Crippen molar-refractivity contribution in [3.63, 3.8) is 0 Å². The Labute approximate surface area is 176 Å². The second-order valence-electron chi connectivity index (χ2n) is 8.32. The summed E-state index contributed by atoms with van der Waals surface area (Å²) in [6, 6.07) is 22.2. The summed E-state index contributed by atoms with van der Waals surface area (Å²) < 4.78 is 5.86. The van der Waals surface area contributed by atoms with Gasteiger partial charge in [0.15, 0.2) is 6.67 Å². The Balaban J connectivity index is 1.49. The summed E-state index contributed by atoms with van der Waals surface area (Å²) in [5.41, 5.74) is 3.18. The number of quaternary nitrogens is 1. The summed E-state index contributed by atoms with van der Waals surface area (Å²) >= 11 is 0. The summed E-state index contributed by atoms with van der Waals surface area (Å²) in [4.78, 5) is 21.5. The van der Waals surface area contributed by atoms with E-state index < -0.39 is 0 Å². The number of hydrogen-bond acceptors (Lipinski definition) is 3. The number of para-hydroxylation sites is 1. The molecule has 3 aromatic carbocycles. The highest BCUT2D eigenvalue weighted by atomic mass is 16.5. The molecule has 0 bridgehead atoms. The van der Waals surface area contributed by atoms with Crippen molar-refractivity contribution in [3.8, 4) is 0 Å². The van der Waals surface area contributed by atoms with Crippen LogP contribution in [0, 0.1) is 0 Å². The third-order valence-corrected chi connectivity index (χ3v) is 5.87. The molecule has 2 aliphatic heterocycles. The topological polar surface area (TPSA) is 46.3 Å². The lowest BCUT2D eigenvalue weighted by molar-refractivity contribution is -0.913. The summed E-state index contributed by atoms with van der Waals surface area (Å²) in [6.07, 6.45) is 0.393. The summed E-state index contributed by atoms with van der Waals surface area (Å²) in [5.74, 6) is -0.0244. The van der Waals surface area contributed by atoms with Crippen LogP contribution in [0.3, 0.4) is 0 Å². The van der Waals surface area contributed by atoms with Gasteiger partial charge in [0, 0.05) is 5.56 Å². The lowest BCUT2D eigenvalue weighted by atomic mass is 10.1. The number of ether oxygens (including phenoxy) is 1. The van der Waals surface area contributed by atoms with Crippen LogP contribution in [0.5, 0.6) is 0 Å². The van der Waals surface area contributed by atoms with Gasteiger partial charge in [-0.2, -0.15) is 0 Å². The SMILES string of the molecule is CC1C[NH+](CN2C(=O)C(=Nc3ccc4ccccc4c3)c3ccccc32)CC(C)O1. The molecule has 1 saturated heterocycles. The van der Waals surface area contributed by atoms with Crippen molar-refractivity contribution in [1.82, 2.24) is 0 Å². The van der Waals surface area contributed by atoms with Crippen LogP contribution in [-0.2, 0) is 9.53 Å². The number of amides is 1. The number of aliphatic imine (C=N–C) groups is 1. The summed E-state index contributed by atoms with van der Waals surface area (Å²) in [6.45, 7) is 6.62. The number of carbonyl (C=O) groups is 1. The number of hydrogen-bond donors (Lipinski definition) is 1. The fraction of sp³-hybridized carbons (Fsp3) is 0.280. The van der Waals surface area contributed by atoms with E-state index in [1.165, 1.54) is 10.3 Å². The Kier molecular flexibility index (Phi) is 4.85. The van der Waals surface area contributed by atoms with Crippen molar-refractivity contribution in [3.05, 3.63) is 72.3 Å². The van der Waals surface area contributed by atoms with E-state index in [0.717, 1.165) is 35.4 Å². The lowest BCUT2D eigenvalue weighted by Gasteiger charge is -2.34. The molecule has 3 aromatic rings. The van der Waals surface area contributed by atoms with Crippen molar-refractivity contribution in [2.75, 3.05) is 24.7 Å². The van der Waals surface area contributed by atoms with E-state index >= 15 is 0 Å². The minimum Gasteiger partial charge on any atom is -0.364 e. The average Bonchev–Trinajstić information content (AvgIpc) is 2.99. The maximum absolute atomic E-state index is 13.4. The molecule has 0 spiro atoms. The molecule has 1 amide bonds. The molecular formula is C25H26N3O2+. The molecule has 152 valence electrons. The minimum absolute atomic E-state index is 0.0244. The molecule has 0 saturated carbocycles. The van der Waals surface area contributed by atoms with Crippen molar-refractivity contribution in [2.24, 2.45) is 4.99 Å². The molecule has 0 radical (unpaired) electrons. The second kappa shape index (κ2) is 7.67. The van der Waals surface area contributed by atoms with Gasteiger partial charge in [-0.1, -0.05) is 48.5 Å². The van der Waals surface area contributed by atoms with E-state index in [1.807, 2.05) is 53.4 Å². The molecule has 2 unspecified atom stereocenters. The van der Waals surface area contributed by atoms with Crippen LogP contribution < -0.4 is 9.80 Å². The van der Waals surface area contributed by atoms with Gasteiger partial charge >= 0.3 is 0 Å². The van der Waals surface area contributed by atoms with Gasteiger partial charge in [0.2, 0.25) is 0 Å². The first-order valence-corrected chi connectivity index (χ1v) is 10.6. The van der Waals surface area contributed by atoms with Crippen LogP contribution in [0.4, 0.5) is 11.4 Å². The van der Waals surface area contributed by atoms with Gasteiger partial charge in [0.05, 0.1) is 11.4 Å². The predicted octanol–water partition coefficient (Wildman–Crippen LogP) is 2.96. The summed E-state index contributed by atoms with van der Waals surface area (Å²) in [7, 11) is 0. The zero-order valence-electron chi connectivity index (χ0n) is 17.3. The quantitative estimate of drug-likeness (QED) is 0.735. The fourth-order valence-corrected chi connectivity index (χ4v) is 4.64. The highest BCUT2D eigenvalue weighted by Crippen LogP contribution is 2.31. The normalized spacial score (nSPS) is 25.1. The molecule has 2 heterocycles. The van der Waals surface area contributed by atoms with Gasteiger partial charge in [0.25, 0.3) is 5.91 Å². The van der Waals surface area contributed by atoms with Gasteiger partial charge < -0.3 is 9.64 Å². The van der Waals surface area contributed by atoms with Crippen LogP contribution in [0.1, 0.15) is 19.4 Å². The zero-order chi connectivity index (χ0) is 20.7. The molecule has 2 aliphatic rings. The number of fused-ring (bicyclic) bond motifs is 2. The van der Waals surface area contributed by atoms with Gasteiger partial charge in [0.1, 0.15) is 31.0 Å². The van der Waals surface area contributed by atoms with Crippen LogP contribution in [0.2, 0.25) is 0 Å². The number of anilines is 1. The highest BCUT2D eigenvalue weighted by molar-refractivity contribution is 6.54. The van der Waals surface area contributed by atoms with E-state index in [2.05, 4.69) is 32.0 Å². The van der Waals surface area contributed by atoms with E-state index in [0.29, 0.717) is 12.4 Å². The molecule has 2 atom stereocenters. The van der Waals surface area contributed by atoms with Crippen molar-refractivity contribution >= 4 is 33.8 Å². The minimum atomic E-state index is -0.0244. The number of nitrogens with one attached hydrogen (secondary N) is 1. The van der Waals surface area contributed by atoms with Crippen LogP contribution in [-0.4, -0.2) is 43.6 Å². The summed E-state index contributed by atoms with van der Waals surface area (Å²) in [5, 5.41) is 2.29. The zero-order valence-corrected chi connectivity index (χ0v) is 17.3. The molecule has 1 fully saturated rings. The van der Waals surface area contributed by atoms with E-state index in [4.69, 9.17) is 9.73 Å². The maximum Gasteiger partial charge on any atom is 0.281 e. The first-order chi connectivity index (χ1) is 14.6. The van der Waals surface area contributed by atoms with Crippen LogP contribution in [0.25, 0.3) is 10.8 Å². The molecule has 5 rings (SSSR count). The number of rotatable bonds is 3. The van der Waals surface area contributed by atoms with Crippen molar-refractivity contribution in [2.45, 2.75) is 26.1 Å². The third kappa shape index (κ3) is 3.51. The van der Waals surface area contributed by atoms with E-state index in [9.17, 15) is 4.79 Å². The van der Waals surface area contributed by atoms with Crippen molar-refractivity contribution in [1.29, 1.82) is 0 Å². The first kappa shape index (κ1) is 19.0. The largest absolute Gasteiger partial charge is 0.364 e. The monoisotopic (exact) mass is 400 g/mol. The van der Waals surface area contributed by atoms with Crippen LogP contribution in [0.15, 0.2) is 71.7 Å². The average molecular weight is 401 g/mol. The Hall–Kier alpha value is -3.02. The smallest absolute Gasteiger partial charge is 0.281 e. The molecule has 5 nitrogen and oxygen atoms in total. The van der Waals surface area contributed by atoms with Gasteiger partial charge in [-0.05, 0) is 42.8 Å². The van der Waals surface area contributed by atoms with Gasteiger partial charge in [-0.15, -0.1) is 0 Å². The Morgan fingerprint density at radius 3 is 2.47 bits per heavy atom. The fourth-order valence-electron chi connectivity index (χ4n) is 4.64. The second-order valence-corrected chi connectivity index (χ2v) is 8.32. The number of morpholine rings is 1. The number of carbonyl (C=O) groups excluding carboxylic acids is 1. The van der Waals surface area contributed by atoms with Gasteiger partial charge in [-0.25, -0.2) is 4.99 Å². The standard InChI is InChI=1S/C25H25N3O2/c1-17-14-27(15-18(2)30-17)16-28-23-10-6-5-9-22(23)24(25(28)29)26-21-12-11-19-7-3-4-8-20(19)13-21/h3-13,17-18H,14-16H2,1-2H3/p+1. The highest BCUT2D eigenvalue weighted by Gasteiger charge is 2.37. The van der Waals surface area contributed by atoms with Crippen LogP contribution >= 0.6 is 0 Å². The first-order valence-electron chi connectivity index (χ1n) is 10.6. The lowest BCUT2D eigenvalue weighted by Crippen LogP contribution is -3.17. The Morgan fingerprint density at radius 1 is 0.967 bits per heavy atom. The predicted molar refractivity (Wildman–Crippen MR) is 120 cm³/mol. The number of nitrogens with zero attached hydrogens (tertiary/aromatic N) is 2. The number of benzene rings is 3. The molecule has 30 heavy (non-hydrogen) atoms. The van der Waals surface area contributed by atoms with Crippen molar-refractivity contribution < 1.29 is 14.4 Å².